The lowest BCUT2D eigenvalue weighted by Gasteiger charge is -1.94. The number of amides is 1. The second-order valence-corrected chi connectivity index (χ2v) is 2.72. The number of furan rings is 1. The summed E-state index contributed by atoms with van der Waals surface area (Å²) in [6, 6.07) is 7.45. The quantitative estimate of drug-likeness (QED) is 0.718. The maximum absolute atomic E-state index is 11.3. The number of para-hydroxylation sites is 1. The van der Waals surface area contributed by atoms with Crippen LogP contribution in [0.4, 0.5) is 0 Å². The summed E-state index contributed by atoms with van der Waals surface area (Å²) in [7, 11) is 1.60. The zero-order chi connectivity index (χ0) is 9.26. The first-order valence-corrected chi connectivity index (χ1v) is 4.01. The molecule has 13 heavy (non-hydrogen) atoms. The Morgan fingerprint density at radius 2 is 2.15 bits per heavy atom. The summed E-state index contributed by atoms with van der Waals surface area (Å²) in [6.45, 7) is 0. The fourth-order valence-electron chi connectivity index (χ4n) is 1.29. The van der Waals surface area contributed by atoms with Crippen molar-refractivity contribution in [3.63, 3.8) is 0 Å². The van der Waals surface area contributed by atoms with Gasteiger partial charge in [0.15, 0.2) is 0 Å². The van der Waals surface area contributed by atoms with Gasteiger partial charge < -0.3 is 9.73 Å². The molecule has 1 aromatic heterocycles. The summed E-state index contributed by atoms with van der Waals surface area (Å²) < 4.78 is 5.21. The lowest BCUT2D eigenvalue weighted by molar-refractivity contribution is 0.0964. The van der Waals surface area contributed by atoms with Crippen LogP contribution in [-0.4, -0.2) is 13.0 Å². The van der Waals surface area contributed by atoms with Gasteiger partial charge in [-0.05, 0) is 6.07 Å². The summed E-state index contributed by atoms with van der Waals surface area (Å²) in [5, 5.41) is 3.41. The molecule has 0 saturated heterocycles. The number of carbonyl (C=O) groups excluding carboxylic acids is 1. The molecule has 0 aliphatic rings. The van der Waals surface area contributed by atoms with E-state index in [9.17, 15) is 4.79 Å². The van der Waals surface area contributed by atoms with Crippen molar-refractivity contribution < 1.29 is 9.21 Å². The number of hydrogen-bond acceptors (Lipinski definition) is 2. The minimum atomic E-state index is -0.120. The van der Waals surface area contributed by atoms with Crippen LogP contribution >= 0.6 is 0 Å². The molecule has 0 spiro atoms. The average molecular weight is 175 g/mol. The van der Waals surface area contributed by atoms with Crippen molar-refractivity contribution in [3.8, 4) is 0 Å². The van der Waals surface area contributed by atoms with Crippen molar-refractivity contribution in [1.29, 1.82) is 0 Å². The Morgan fingerprint density at radius 3 is 2.92 bits per heavy atom. The van der Waals surface area contributed by atoms with E-state index in [0.29, 0.717) is 5.56 Å². The van der Waals surface area contributed by atoms with E-state index in [1.165, 1.54) is 6.26 Å². The van der Waals surface area contributed by atoms with Gasteiger partial charge in [0.05, 0.1) is 5.56 Å². The molecule has 0 unspecified atom stereocenters. The Kier molecular flexibility index (Phi) is 1.77. The van der Waals surface area contributed by atoms with Crippen LogP contribution < -0.4 is 5.32 Å². The first-order valence-electron chi connectivity index (χ1n) is 4.01. The normalized spacial score (nSPS) is 10.2. The fraction of sp³-hybridized carbons (Fsp3) is 0.100. The van der Waals surface area contributed by atoms with Crippen LogP contribution in [0.25, 0.3) is 11.0 Å². The standard InChI is InChI=1S/C10H9NO2/c1-11-10(12)8-6-13-9-5-3-2-4-7(8)9/h2-6H,1H3,(H,11,12). The molecular weight excluding hydrogens is 166 g/mol. The highest BCUT2D eigenvalue weighted by Crippen LogP contribution is 2.20. The summed E-state index contributed by atoms with van der Waals surface area (Å²) in [5.41, 5.74) is 1.32. The van der Waals surface area contributed by atoms with Gasteiger partial charge in [-0.15, -0.1) is 0 Å². The molecule has 0 saturated carbocycles. The van der Waals surface area contributed by atoms with Crippen molar-refractivity contribution in [2.45, 2.75) is 0 Å². The van der Waals surface area contributed by atoms with Crippen molar-refractivity contribution in [2.24, 2.45) is 0 Å². The van der Waals surface area contributed by atoms with E-state index in [4.69, 9.17) is 4.42 Å². The molecule has 3 heteroatoms. The van der Waals surface area contributed by atoms with Gasteiger partial charge >= 0.3 is 0 Å². The predicted molar refractivity (Wildman–Crippen MR) is 49.6 cm³/mol. The van der Waals surface area contributed by atoms with Crippen LogP contribution in [0, 0.1) is 0 Å². The molecule has 0 atom stereocenters. The van der Waals surface area contributed by atoms with Crippen LogP contribution in [0.1, 0.15) is 10.4 Å². The molecule has 0 radical (unpaired) electrons. The van der Waals surface area contributed by atoms with Gasteiger partial charge in [-0.3, -0.25) is 4.79 Å². The molecule has 2 rings (SSSR count). The van der Waals surface area contributed by atoms with Crippen LogP contribution in [0.15, 0.2) is 34.9 Å². The molecule has 1 N–H and O–H groups in total. The van der Waals surface area contributed by atoms with E-state index < -0.39 is 0 Å². The Hall–Kier alpha value is -1.77. The Labute approximate surface area is 75.3 Å². The zero-order valence-electron chi connectivity index (χ0n) is 7.20. The van der Waals surface area contributed by atoms with Gasteiger partial charge in [0, 0.05) is 12.4 Å². The third kappa shape index (κ3) is 1.18. The number of rotatable bonds is 1. The highest BCUT2D eigenvalue weighted by atomic mass is 16.3. The van der Waals surface area contributed by atoms with Crippen molar-refractivity contribution >= 4 is 16.9 Å². The summed E-state index contributed by atoms with van der Waals surface area (Å²) in [5.74, 6) is -0.120. The summed E-state index contributed by atoms with van der Waals surface area (Å²) in [6.07, 6.45) is 1.48. The fourth-order valence-corrected chi connectivity index (χ4v) is 1.29. The molecule has 0 fully saturated rings. The van der Waals surface area contributed by atoms with Crippen molar-refractivity contribution in [2.75, 3.05) is 7.05 Å². The lowest BCUT2D eigenvalue weighted by Crippen LogP contribution is -2.17. The third-order valence-electron chi connectivity index (χ3n) is 1.95. The van der Waals surface area contributed by atoms with Gasteiger partial charge in [0.2, 0.25) is 0 Å². The van der Waals surface area contributed by atoms with Crippen molar-refractivity contribution in [1.82, 2.24) is 5.32 Å². The van der Waals surface area contributed by atoms with E-state index >= 15 is 0 Å². The average Bonchev–Trinajstić information content (AvgIpc) is 2.60. The molecule has 2 aromatic rings. The van der Waals surface area contributed by atoms with Crippen LogP contribution in [0.5, 0.6) is 0 Å². The Morgan fingerprint density at radius 1 is 1.38 bits per heavy atom. The lowest BCUT2D eigenvalue weighted by atomic mass is 10.2. The molecule has 3 nitrogen and oxygen atoms in total. The molecule has 1 aromatic carbocycles. The molecule has 66 valence electrons. The van der Waals surface area contributed by atoms with Gasteiger partial charge in [0.1, 0.15) is 11.8 Å². The highest BCUT2D eigenvalue weighted by Gasteiger charge is 2.10. The largest absolute Gasteiger partial charge is 0.463 e. The van der Waals surface area contributed by atoms with Gasteiger partial charge in [-0.2, -0.15) is 0 Å². The molecule has 0 aliphatic heterocycles. The topological polar surface area (TPSA) is 42.2 Å². The van der Waals surface area contributed by atoms with Gasteiger partial charge in [-0.25, -0.2) is 0 Å². The second kappa shape index (κ2) is 2.94. The van der Waals surface area contributed by atoms with E-state index in [1.807, 2.05) is 24.3 Å². The van der Waals surface area contributed by atoms with Crippen LogP contribution in [0.2, 0.25) is 0 Å². The van der Waals surface area contributed by atoms with Crippen molar-refractivity contribution in [3.05, 3.63) is 36.1 Å². The molecule has 0 aliphatic carbocycles. The number of nitrogens with one attached hydrogen (secondary N) is 1. The van der Waals surface area contributed by atoms with E-state index in [-0.39, 0.29) is 5.91 Å². The maximum atomic E-state index is 11.3. The Balaban J connectivity index is 2.64. The van der Waals surface area contributed by atoms with Crippen LogP contribution in [0.3, 0.4) is 0 Å². The first-order chi connectivity index (χ1) is 6.33. The van der Waals surface area contributed by atoms with E-state index in [2.05, 4.69) is 5.32 Å². The third-order valence-corrected chi connectivity index (χ3v) is 1.95. The number of benzene rings is 1. The predicted octanol–water partition coefficient (Wildman–Crippen LogP) is 1.79. The van der Waals surface area contributed by atoms with Gasteiger partial charge in [-0.1, -0.05) is 18.2 Å². The molecule has 1 heterocycles. The second-order valence-electron chi connectivity index (χ2n) is 2.72. The summed E-state index contributed by atoms with van der Waals surface area (Å²) >= 11 is 0. The smallest absolute Gasteiger partial charge is 0.254 e. The SMILES string of the molecule is CNC(=O)c1coc2ccccc12. The van der Waals surface area contributed by atoms with Gasteiger partial charge in [0.25, 0.3) is 5.91 Å². The molecular formula is C10H9NO2. The first kappa shape index (κ1) is 7.86. The Bertz CT molecular complexity index is 445. The minimum Gasteiger partial charge on any atom is -0.463 e. The van der Waals surface area contributed by atoms with E-state index in [1.54, 1.807) is 7.05 Å². The van der Waals surface area contributed by atoms with Crippen LogP contribution in [-0.2, 0) is 0 Å². The zero-order valence-corrected chi connectivity index (χ0v) is 7.20. The summed E-state index contributed by atoms with van der Waals surface area (Å²) in [4.78, 5) is 11.3. The maximum Gasteiger partial charge on any atom is 0.254 e. The minimum absolute atomic E-state index is 0.120. The number of hydrogen-bond donors (Lipinski definition) is 1. The number of fused-ring (bicyclic) bond motifs is 1. The highest BCUT2D eigenvalue weighted by molar-refractivity contribution is 6.05. The molecule has 0 bridgehead atoms. The monoisotopic (exact) mass is 175 g/mol. The number of carbonyl (C=O) groups is 1. The van der Waals surface area contributed by atoms with E-state index in [0.717, 1.165) is 11.0 Å². The molecule has 1 amide bonds.